The van der Waals surface area contributed by atoms with Crippen molar-refractivity contribution in [2.45, 2.75) is 26.3 Å². The molecule has 1 aromatic rings. The van der Waals surface area contributed by atoms with Crippen molar-refractivity contribution in [3.63, 3.8) is 0 Å². The summed E-state index contributed by atoms with van der Waals surface area (Å²) in [5.74, 6) is 0. The molecule has 0 bridgehead atoms. The molecule has 5 nitrogen and oxygen atoms in total. The van der Waals surface area contributed by atoms with Gasteiger partial charge >= 0.3 is 0 Å². The molecule has 0 aromatic heterocycles. The number of benzene rings is 1. The van der Waals surface area contributed by atoms with Gasteiger partial charge in [-0.05, 0) is 32.4 Å². The highest BCUT2D eigenvalue weighted by molar-refractivity contribution is 6.33. The number of nitrogens with one attached hydrogen (secondary N) is 1. The number of nitrogens with zero attached hydrogens (tertiary/aromatic N) is 2. The maximum Gasteiger partial charge on any atom is 0.288 e. The molecule has 0 radical (unpaired) electrons. The fourth-order valence-corrected chi connectivity index (χ4v) is 2.71. The van der Waals surface area contributed by atoms with E-state index in [4.69, 9.17) is 11.6 Å². The van der Waals surface area contributed by atoms with Gasteiger partial charge in [0.15, 0.2) is 0 Å². The molecular weight excluding hydrogens is 266 g/mol. The van der Waals surface area contributed by atoms with E-state index < -0.39 is 4.92 Å². The molecule has 1 aromatic carbocycles. The summed E-state index contributed by atoms with van der Waals surface area (Å²) in [6.45, 7) is 8.78. The van der Waals surface area contributed by atoms with Crippen LogP contribution in [0.3, 0.4) is 0 Å². The fourth-order valence-electron chi connectivity index (χ4n) is 2.48. The third-order valence-corrected chi connectivity index (χ3v) is 3.68. The number of nitro groups is 1. The maximum atomic E-state index is 10.9. The molecule has 6 heteroatoms. The van der Waals surface area contributed by atoms with Gasteiger partial charge in [-0.3, -0.25) is 10.1 Å². The van der Waals surface area contributed by atoms with E-state index in [-0.39, 0.29) is 16.2 Å². The van der Waals surface area contributed by atoms with Crippen molar-refractivity contribution in [1.29, 1.82) is 0 Å². The third kappa shape index (κ3) is 2.98. The molecule has 1 saturated heterocycles. The van der Waals surface area contributed by atoms with Crippen molar-refractivity contribution in [3.8, 4) is 0 Å². The van der Waals surface area contributed by atoms with Crippen molar-refractivity contribution < 1.29 is 4.92 Å². The summed E-state index contributed by atoms with van der Waals surface area (Å²) in [4.78, 5) is 12.6. The number of hydrogen-bond donors (Lipinski definition) is 1. The normalized spacial score (nSPS) is 18.4. The van der Waals surface area contributed by atoms with E-state index >= 15 is 0 Å². The van der Waals surface area contributed by atoms with Crippen LogP contribution in [-0.2, 0) is 0 Å². The number of hydrogen-bond acceptors (Lipinski definition) is 4. The summed E-state index contributed by atoms with van der Waals surface area (Å²) >= 11 is 6.00. The van der Waals surface area contributed by atoms with Crippen LogP contribution in [0.1, 0.15) is 19.4 Å². The third-order valence-electron chi connectivity index (χ3n) is 3.37. The van der Waals surface area contributed by atoms with Crippen molar-refractivity contribution in [3.05, 3.63) is 32.8 Å². The first-order chi connectivity index (χ1) is 8.80. The summed E-state index contributed by atoms with van der Waals surface area (Å²) < 4.78 is 0. The molecule has 0 saturated carbocycles. The zero-order chi connectivity index (χ0) is 14.2. The lowest BCUT2D eigenvalue weighted by molar-refractivity contribution is -0.384. The van der Waals surface area contributed by atoms with E-state index in [0.717, 1.165) is 30.9 Å². The summed E-state index contributed by atoms with van der Waals surface area (Å²) in [5, 5.41) is 14.5. The molecule has 1 N–H and O–H groups in total. The number of rotatable bonds is 2. The number of halogens is 1. The number of piperazine rings is 1. The van der Waals surface area contributed by atoms with Crippen LogP contribution in [0.4, 0.5) is 11.4 Å². The van der Waals surface area contributed by atoms with Crippen molar-refractivity contribution in [2.75, 3.05) is 24.5 Å². The Bertz CT molecular complexity index is 517. The summed E-state index contributed by atoms with van der Waals surface area (Å²) in [6.07, 6.45) is 0. The molecular formula is C13H18ClN3O2. The van der Waals surface area contributed by atoms with E-state index in [0.29, 0.717) is 0 Å². The van der Waals surface area contributed by atoms with Crippen LogP contribution in [0.2, 0.25) is 5.02 Å². The molecule has 19 heavy (non-hydrogen) atoms. The highest BCUT2D eigenvalue weighted by Crippen LogP contribution is 2.33. The first-order valence-corrected chi connectivity index (χ1v) is 6.62. The van der Waals surface area contributed by atoms with E-state index in [9.17, 15) is 10.1 Å². The SMILES string of the molecule is Cc1cc([N+](=O)[O-])c(Cl)cc1N1CCNC(C)(C)C1. The van der Waals surface area contributed by atoms with Crippen LogP contribution in [0.25, 0.3) is 0 Å². The van der Waals surface area contributed by atoms with Crippen LogP contribution in [0, 0.1) is 17.0 Å². The molecule has 2 rings (SSSR count). The zero-order valence-electron chi connectivity index (χ0n) is 11.4. The van der Waals surface area contributed by atoms with Gasteiger partial charge in [0.2, 0.25) is 0 Å². The molecule has 0 atom stereocenters. The monoisotopic (exact) mass is 283 g/mol. The Morgan fingerprint density at radius 1 is 1.47 bits per heavy atom. The van der Waals surface area contributed by atoms with Gasteiger partial charge in [0.1, 0.15) is 5.02 Å². The largest absolute Gasteiger partial charge is 0.368 e. The molecule has 1 fully saturated rings. The fraction of sp³-hybridized carbons (Fsp3) is 0.538. The van der Waals surface area contributed by atoms with Crippen LogP contribution in [-0.4, -0.2) is 30.1 Å². The van der Waals surface area contributed by atoms with E-state index in [1.54, 1.807) is 12.1 Å². The van der Waals surface area contributed by atoms with Gasteiger partial charge in [-0.25, -0.2) is 0 Å². The van der Waals surface area contributed by atoms with Crippen LogP contribution in [0.15, 0.2) is 12.1 Å². The molecule has 0 spiro atoms. The van der Waals surface area contributed by atoms with Crippen LogP contribution >= 0.6 is 11.6 Å². The number of nitro benzene ring substituents is 1. The van der Waals surface area contributed by atoms with Crippen molar-refractivity contribution >= 4 is 23.0 Å². The smallest absolute Gasteiger partial charge is 0.288 e. The average molecular weight is 284 g/mol. The minimum Gasteiger partial charge on any atom is -0.368 e. The molecule has 1 aliphatic heterocycles. The van der Waals surface area contributed by atoms with Crippen LogP contribution < -0.4 is 10.2 Å². The first kappa shape index (κ1) is 14.1. The minimum atomic E-state index is -0.444. The zero-order valence-corrected chi connectivity index (χ0v) is 12.1. The molecule has 0 amide bonds. The predicted molar refractivity (Wildman–Crippen MR) is 77.1 cm³/mol. The quantitative estimate of drug-likeness (QED) is 0.670. The Hall–Kier alpha value is -1.33. The summed E-state index contributed by atoms with van der Waals surface area (Å²) in [5.41, 5.74) is 1.86. The molecule has 1 aliphatic rings. The second kappa shape index (κ2) is 4.98. The van der Waals surface area contributed by atoms with E-state index in [2.05, 4.69) is 24.1 Å². The lowest BCUT2D eigenvalue weighted by Crippen LogP contribution is -2.57. The highest BCUT2D eigenvalue weighted by Gasteiger charge is 2.27. The van der Waals surface area contributed by atoms with Gasteiger partial charge in [0, 0.05) is 36.9 Å². The van der Waals surface area contributed by atoms with E-state index in [1.165, 1.54) is 0 Å². The lowest BCUT2D eigenvalue weighted by atomic mass is 10.0. The summed E-state index contributed by atoms with van der Waals surface area (Å²) in [6, 6.07) is 3.25. The van der Waals surface area contributed by atoms with Gasteiger partial charge < -0.3 is 10.2 Å². The molecule has 1 heterocycles. The Morgan fingerprint density at radius 2 is 2.16 bits per heavy atom. The number of aryl methyl sites for hydroxylation is 1. The van der Waals surface area contributed by atoms with Gasteiger partial charge in [-0.15, -0.1) is 0 Å². The minimum absolute atomic E-state index is 0.0267. The van der Waals surface area contributed by atoms with Crippen molar-refractivity contribution in [1.82, 2.24) is 5.32 Å². The second-order valence-corrected chi connectivity index (χ2v) is 5.99. The highest BCUT2D eigenvalue weighted by atomic mass is 35.5. The van der Waals surface area contributed by atoms with Crippen molar-refractivity contribution in [2.24, 2.45) is 0 Å². The Kier molecular flexibility index (Phi) is 3.69. The maximum absolute atomic E-state index is 10.9. The first-order valence-electron chi connectivity index (χ1n) is 6.25. The molecule has 104 valence electrons. The predicted octanol–water partition coefficient (Wildman–Crippen LogP) is 2.74. The molecule has 0 aliphatic carbocycles. The molecule has 0 unspecified atom stereocenters. The average Bonchev–Trinajstić information content (AvgIpc) is 2.30. The van der Waals surface area contributed by atoms with Crippen LogP contribution in [0.5, 0.6) is 0 Å². The topological polar surface area (TPSA) is 58.4 Å². The number of anilines is 1. The van der Waals surface area contributed by atoms with Gasteiger partial charge in [-0.1, -0.05) is 11.6 Å². The van der Waals surface area contributed by atoms with Gasteiger partial charge in [0.05, 0.1) is 4.92 Å². The lowest BCUT2D eigenvalue weighted by Gasteiger charge is -2.41. The van der Waals surface area contributed by atoms with E-state index in [1.807, 2.05) is 6.92 Å². The summed E-state index contributed by atoms with van der Waals surface area (Å²) in [7, 11) is 0. The van der Waals surface area contributed by atoms with Gasteiger partial charge in [0.25, 0.3) is 5.69 Å². The standard InChI is InChI=1S/C13H18ClN3O2/c1-9-6-12(17(18)19)10(14)7-11(9)16-5-4-15-13(2,3)8-16/h6-7,15H,4-5,8H2,1-3H3. The Labute approximate surface area is 117 Å². The van der Waals surface area contributed by atoms with Gasteiger partial charge in [-0.2, -0.15) is 0 Å². The Morgan fingerprint density at radius 3 is 2.74 bits per heavy atom. The second-order valence-electron chi connectivity index (χ2n) is 5.58. The Balaban J connectivity index is 2.35.